The third kappa shape index (κ3) is 2.40. The zero-order valence-corrected chi connectivity index (χ0v) is 9.27. The molecule has 2 nitrogen and oxygen atoms in total. The molecule has 0 aliphatic rings. The molecule has 0 saturated heterocycles. The van der Waals surface area contributed by atoms with Crippen LogP contribution in [0.15, 0.2) is 47.3 Å². The van der Waals surface area contributed by atoms with E-state index in [4.69, 9.17) is 4.42 Å². The van der Waals surface area contributed by atoms with Gasteiger partial charge in [0, 0.05) is 6.42 Å². The third-order valence-corrected chi connectivity index (χ3v) is 2.73. The van der Waals surface area contributed by atoms with E-state index in [-0.39, 0.29) is 5.78 Å². The first-order chi connectivity index (χ1) is 7.77. The molecular weight excluding hydrogens is 200 g/mol. The average Bonchev–Trinajstić information content (AvgIpc) is 2.81. The van der Waals surface area contributed by atoms with Gasteiger partial charge in [-0.2, -0.15) is 0 Å². The molecule has 0 saturated carbocycles. The normalized spacial score (nSPS) is 10.3. The average molecular weight is 214 g/mol. The summed E-state index contributed by atoms with van der Waals surface area (Å²) in [6.07, 6.45) is 4.35. The minimum Gasteiger partial charge on any atom is -0.472 e. The van der Waals surface area contributed by atoms with Gasteiger partial charge in [0.05, 0.1) is 11.8 Å². The third-order valence-electron chi connectivity index (χ3n) is 2.73. The Morgan fingerprint density at radius 2 is 2.06 bits per heavy atom. The van der Waals surface area contributed by atoms with Crippen molar-refractivity contribution >= 4 is 5.78 Å². The van der Waals surface area contributed by atoms with Crippen molar-refractivity contribution in [2.45, 2.75) is 19.8 Å². The van der Waals surface area contributed by atoms with E-state index in [0.717, 1.165) is 6.42 Å². The standard InChI is InChI=1S/C14H14O2/c1-11-4-2-3-5-12(11)6-7-14(15)13-8-9-16-10-13/h2-5,8-10H,6-7H2,1H3. The van der Waals surface area contributed by atoms with E-state index in [2.05, 4.69) is 19.1 Å². The molecule has 0 N–H and O–H groups in total. The number of ketones is 1. The van der Waals surface area contributed by atoms with Crippen molar-refractivity contribution in [2.75, 3.05) is 0 Å². The van der Waals surface area contributed by atoms with Gasteiger partial charge < -0.3 is 4.42 Å². The van der Waals surface area contributed by atoms with Crippen molar-refractivity contribution in [3.05, 3.63) is 59.5 Å². The maximum atomic E-state index is 11.7. The number of hydrogen-bond donors (Lipinski definition) is 0. The van der Waals surface area contributed by atoms with Gasteiger partial charge in [-0.15, -0.1) is 0 Å². The van der Waals surface area contributed by atoms with Crippen molar-refractivity contribution in [3.8, 4) is 0 Å². The molecule has 0 bridgehead atoms. The number of Topliss-reactive ketones (excluding diaryl/α,β-unsaturated/α-hetero) is 1. The quantitative estimate of drug-likeness (QED) is 0.730. The maximum absolute atomic E-state index is 11.7. The summed E-state index contributed by atoms with van der Waals surface area (Å²) >= 11 is 0. The zero-order chi connectivity index (χ0) is 11.4. The van der Waals surface area contributed by atoms with Gasteiger partial charge in [-0.25, -0.2) is 0 Å². The van der Waals surface area contributed by atoms with Crippen LogP contribution in [0.1, 0.15) is 27.9 Å². The van der Waals surface area contributed by atoms with Crippen LogP contribution in [0.3, 0.4) is 0 Å². The lowest BCUT2D eigenvalue weighted by atomic mass is 10.0. The summed E-state index contributed by atoms with van der Waals surface area (Å²) in [5.41, 5.74) is 3.13. The molecule has 0 aliphatic carbocycles. The minimum absolute atomic E-state index is 0.136. The van der Waals surface area contributed by atoms with Crippen LogP contribution in [0.25, 0.3) is 0 Å². The Morgan fingerprint density at radius 1 is 1.25 bits per heavy atom. The highest BCUT2D eigenvalue weighted by Crippen LogP contribution is 2.12. The first-order valence-corrected chi connectivity index (χ1v) is 5.37. The molecule has 0 aliphatic heterocycles. The molecule has 0 unspecified atom stereocenters. The molecule has 1 aromatic carbocycles. The lowest BCUT2D eigenvalue weighted by Gasteiger charge is -2.03. The number of carbonyl (C=O) groups is 1. The molecule has 2 rings (SSSR count). The van der Waals surface area contributed by atoms with Crippen LogP contribution in [-0.2, 0) is 6.42 Å². The highest BCUT2D eigenvalue weighted by molar-refractivity contribution is 5.95. The largest absolute Gasteiger partial charge is 0.472 e. The van der Waals surface area contributed by atoms with Gasteiger partial charge in [-0.3, -0.25) is 4.79 Å². The van der Waals surface area contributed by atoms with Crippen LogP contribution in [0, 0.1) is 6.92 Å². The predicted molar refractivity (Wildman–Crippen MR) is 62.5 cm³/mol. The molecule has 1 heterocycles. The fourth-order valence-corrected chi connectivity index (χ4v) is 1.71. The van der Waals surface area contributed by atoms with Crippen LogP contribution in [0.4, 0.5) is 0 Å². The van der Waals surface area contributed by atoms with Crippen molar-refractivity contribution in [1.29, 1.82) is 0 Å². The summed E-state index contributed by atoms with van der Waals surface area (Å²) in [5.74, 6) is 0.136. The summed E-state index contributed by atoms with van der Waals surface area (Å²) < 4.78 is 4.89. The first kappa shape index (κ1) is 10.7. The van der Waals surface area contributed by atoms with Crippen LogP contribution >= 0.6 is 0 Å². The Kier molecular flexibility index (Phi) is 3.20. The molecule has 2 heteroatoms. The van der Waals surface area contributed by atoms with Crippen LogP contribution in [-0.4, -0.2) is 5.78 Å². The summed E-state index contributed by atoms with van der Waals surface area (Å²) in [6, 6.07) is 9.86. The zero-order valence-electron chi connectivity index (χ0n) is 9.27. The second kappa shape index (κ2) is 4.79. The SMILES string of the molecule is Cc1ccccc1CCC(=O)c1ccoc1. The van der Waals surface area contributed by atoms with Crippen molar-refractivity contribution in [1.82, 2.24) is 0 Å². The first-order valence-electron chi connectivity index (χ1n) is 5.37. The van der Waals surface area contributed by atoms with E-state index in [9.17, 15) is 4.79 Å². The van der Waals surface area contributed by atoms with Gasteiger partial charge in [0.1, 0.15) is 6.26 Å². The molecule has 0 atom stereocenters. The monoisotopic (exact) mass is 214 g/mol. The Bertz CT molecular complexity index is 469. The molecule has 82 valence electrons. The van der Waals surface area contributed by atoms with Crippen LogP contribution in [0.5, 0.6) is 0 Å². The number of benzene rings is 1. The van der Waals surface area contributed by atoms with Gasteiger partial charge in [-0.05, 0) is 30.5 Å². The van der Waals surface area contributed by atoms with Gasteiger partial charge >= 0.3 is 0 Å². The number of furan rings is 1. The molecule has 2 aromatic rings. The van der Waals surface area contributed by atoms with Crippen LogP contribution < -0.4 is 0 Å². The number of carbonyl (C=O) groups excluding carboxylic acids is 1. The highest BCUT2D eigenvalue weighted by Gasteiger charge is 2.07. The van der Waals surface area contributed by atoms with E-state index < -0.39 is 0 Å². The van der Waals surface area contributed by atoms with Gasteiger partial charge in [0.2, 0.25) is 0 Å². The summed E-state index contributed by atoms with van der Waals surface area (Å²) in [5, 5.41) is 0. The van der Waals surface area contributed by atoms with E-state index in [1.165, 1.54) is 23.7 Å². The Morgan fingerprint density at radius 3 is 2.75 bits per heavy atom. The smallest absolute Gasteiger partial charge is 0.166 e. The lowest BCUT2D eigenvalue weighted by molar-refractivity contribution is 0.0982. The molecule has 0 radical (unpaired) electrons. The van der Waals surface area contributed by atoms with Gasteiger partial charge in [0.15, 0.2) is 5.78 Å². The summed E-state index contributed by atoms with van der Waals surface area (Å²) in [7, 11) is 0. The second-order valence-electron chi connectivity index (χ2n) is 3.86. The Labute approximate surface area is 94.9 Å². The Hall–Kier alpha value is -1.83. The molecule has 16 heavy (non-hydrogen) atoms. The number of aryl methyl sites for hydroxylation is 2. The molecular formula is C14H14O2. The van der Waals surface area contributed by atoms with E-state index in [1.54, 1.807) is 6.07 Å². The molecule has 0 amide bonds. The maximum Gasteiger partial charge on any atom is 0.166 e. The fraction of sp³-hybridized carbons (Fsp3) is 0.214. The highest BCUT2D eigenvalue weighted by atomic mass is 16.3. The fourth-order valence-electron chi connectivity index (χ4n) is 1.71. The molecule has 0 fully saturated rings. The van der Waals surface area contributed by atoms with Crippen molar-refractivity contribution < 1.29 is 9.21 Å². The van der Waals surface area contributed by atoms with Gasteiger partial charge in [-0.1, -0.05) is 24.3 Å². The predicted octanol–water partition coefficient (Wildman–Crippen LogP) is 3.40. The van der Waals surface area contributed by atoms with E-state index in [1.807, 2.05) is 12.1 Å². The lowest BCUT2D eigenvalue weighted by Crippen LogP contribution is -2.00. The van der Waals surface area contributed by atoms with Gasteiger partial charge in [0.25, 0.3) is 0 Å². The molecule has 1 aromatic heterocycles. The Balaban J connectivity index is 1.98. The second-order valence-corrected chi connectivity index (χ2v) is 3.86. The summed E-state index contributed by atoms with van der Waals surface area (Å²) in [4.78, 5) is 11.7. The van der Waals surface area contributed by atoms with E-state index in [0.29, 0.717) is 12.0 Å². The molecule has 0 spiro atoms. The summed E-state index contributed by atoms with van der Waals surface area (Å²) in [6.45, 7) is 2.07. The minimum atomic E-state index is 0.136. The topological polar surface area (TPSA) is 30.2 Å². The van der Waals surface area contributed by atoms with Crippen LogP contribution in [0.2, 0.25) is 0 Å². The van der Waals surface area contributed by atoms with Crippen molar-refractivity contribution in [3.63, 3.8) is 0 Å². The number of rotatable bonds is 4. The van der Waals surface area contributed by atoms with E-state index >= 15 is 0 Å². The van der Waals surface area contributed by atoms with Crippen molar-refractivity contribution in [2.24, 2.45) is 0 Å². The number of hydrogen-bond acceptors (Lipinski definition) is 2.